The molecule has 1 heterocycles. The molecule has 1 saturated heterocycles. The van der Waals surface area contributed by atoms with Crippen LogP contribution in [0.1, 0.15) is 18.1 Å². The minimum Gasteiger partial charge on any atom is -0.442 e. The first-order valence-electron chi connectivity index (χ1n) is 8.49. The molecular weight excluding hydrogens is 434 g/mol. The second-order valence-corrected chi connectivity index (χ2v) is 7.09. The van der Waals surface area contributed by atoms with Crippen LogP contribution in [0, 0.1) is 11.6 Å². The van der Waals surface area contributed by atoms with Crippen LogP contribution in [0.5, 0.6) is 0 Å². The summed E-state index contributed by atoms with van der Waals surface area (Å²) in [5, 5.41) is 2.57. The third-order valence-corrected chi connectivity index (χ3v) is 4.84. The summed E-state index contributed by atoms with van der Waals surface area (Å²) in [4.78, 5) is 24.2. The van der Waals surface area contributed by atoms with Crippen LogP contribution in [0.15, 0.2) is 42.5 Å². The number of nitrogens with zero attached hydrogens (tertiary/aromatic N) is 1. The lowest BCUT2D eigenvalue weighted by Gasteiger charge is -2.15. The zero-order chi connectivity index (χ0) is 20.3. The molecule has 5 nitrogen and oxygen atoms in total. The molecule has 1 N–H and O–H groups in total. The highest BCUT2D eigenvalue weighted by atomic mass is 79.9. The van der Waals surface area contributed by atoms with Crippen LogP contribution in [-0.2, 0) is 9.53 Å². The number of anilines is 1. The van der Waals surface area contributed by atoms with Gasteiger partial charge < -0.3 is 10.1 Å². The first kappa shape index (κ1) is 20.0. The Hall–Kier alpha value is -2.74. The van der Waals surface area contributed by atoms with E-state index in [0.29, 0.717) is 15.6 Å². The van der Waals surface area contributed by atoms with Gasteiger partial charge in [0.05, 0.1) is 18.8 Å². The molecule has 2 aromatic carbocycles. The van der Waals surface area contributed by atoms with Crippen molar-refractivity contribution >= 4 is 44.2 Å². The van der Waals surface area contributed by atoms with Gasteiger partial charge in [0, 0.05) is 17.0 Å². The summed E-state index contributed by atoms with van der Waals surface area (Å²) < 4.78 is 34.1. The first-order chi connectivity index (χ1) is 13.3. The van der Waals surface area contributed by atoms with Crippen LogP contribution < -0.4 is 10.2 Å². The van der Waals surface area contributed by atoms with E-state index in [1.807, 2.05) is 0 Å². The standard InChI is InChI=1S/C20H17BrF2N2O3/c1-12(26)24-10-15-11-25(20(27)28-15)19-7-6-13(9-18(19)23)16(21)8-14-4-2-3-5-17(14)22/h2-9,15H,10-11H2,1H3,(H,24,26)/b16-8-/t15-/m0/s1. The fourth-order valence-corrected chi connectivity index (χ4v) is 3.26. The smallest absolute Gasteiger partial charge is 0.414 e. The second kappa shape index (κ2) is 8.52. The number of rotatable bonds is 5. The Morgan fingerprint density at radius 3 is 2.71 bits per heavy atom. The Kier molecular flexibility index (Phi) is 6.08. The Bertz CT molecular complexity index is 949. The van der Waals surface area contributed by atoms with E-state index in [9.17, 15) is 18.4 Å². The van der Waals surface area contributed by atoms with Gasteiger partial charge in [-0.15, -0.1) is 0 Å². The lowest BCUT2D eigenvalue weighted by Crippen LogP contribution is -2.33. The Morgan fingerprint density at radius 1 is 1.29 bits per heavy atom. The minimum atomic E-state index is -0.678. The molecule has 0 unspecified atom stereocenters. The largest absolute Gasteiger partial charge is 0.442 e. The van der Waals surface area contributed by atoms with Gasteiger partial charge in [0.1, 0.15) is 17.7 Å². The number of cyclic esters (lactones) is 1. The third kappa shape index (κ3) is 4.56. The first-order valence-corrected chi connectivity index (χ1v) is 9.28. The maximum Gasteiger partial charge on any atom is 0.414 e. The molecular formula is C20H17BrF2N2O3. The minimum absolute atomic E-state index is 0.0743. The highest BCUT2D eigenvalue weighted by Gasteiger charge is 2.33. The van der Waals surface area contributed by atoms with Gasteiger partial charge in [0.25, 0.3) is 0 Å². The van der Waals surface area contributed by atoms with Crippen molar-refractivity contribution < 1.29 is 23.1 Å². The average molecular weight is 451 g/mol. The molecule has 0 radical (unpaired) electrons. The maximum atomic E-state index is 14.7. The highest BCUT2D eigenvalue weighted by Crippen LogP contribution is 2.31. The van der Waals surface area contributed by atoms with E-state index in [1.54, 1.807) is 30.3 Å². The molecule has 1 atom stereocenters. The Balaban J connectivity index is 1.78. The number of ether oxygens (including phenoxy) is 1. The van der Waals surface area contributed by atoms with Gasteiger partial charge >= 0.3 is 6.09 Å². The van der Waals surface area contributed by atoms with Crippen LogP contribution in [0.2, 0.25) is 0 Å². The zero-order valence-corrected chi connectivity index (χ0v) is 16.5. The monoisotopic (exact) mass is 450 g/mol. The van der Waals surface area contributed by atoms with Crippen molar-refractivity contribution in [3.8, 4) is 0 Å². The summed E-state index contributed by atoms with van der Waals surface area (Å²) in [6, 6.07) is 10.6. The SMILES string of the molecule is CC(=O)NC[C@H]1CN(c2ccc(/C(Br)=C/c3ccccc3F)cc2F)C(=O)O1. The van der Waals surface area contributed by atoms with E-state index >= 15 is 0 Å². The zero-order valence-electron chi connectivity index (χ0n) is 14.9. The molecule has 0 aliphatic carbocycles. The number of benzene rings is 2. The van der Waals surface area contributed by atoms with Gasteiger partial charge in [-0.2, -0.15) is 0 Å². The molecule has 0 bridgehead atoms. The number of carbonyl (C=O) groups is 2. The molecule has 2 aromatic rings. The molecule has 28 heavy (non-hydrogen) atoms. The van der Waals surface area contributed by atoms with Crippen LogP contribution in [-0.4, -0.2) is 31.2 Å². The number of hydrogen-bond donors (Lipinski definition) is 1. The molecule has 1 aliphatic heterocycles. The summed E-state index contributed by atoms with van der Waals surface area (Å²) in [7, 11) is 0. The maximum absolute atomic E-state index is 14.7. The van der Waals surface area contributed by atoms with Gasteiger partial charge in [-0.05, 0) is 29.8 Å². The van der Waals surface area contributed by atoms with Crippen molar-refractivity contribution in [1.29, 1.82) is 0 Å². The van der Waals surface area contributed by atoms with E-state index in [4.69, 9.17) is 4.74 Å². The molecule has 2 amide bonds. The molecule has 0 saturated carbocycles. The van der Waals surface area contributed by atoms with Gasteiger partial charge in [0.2, 0.25) is 5.91 Å². The van der Waals surface area contributed by atoms with E-state index in [0.717, 1.165) is 0 Å². The van der Waals surface area contributed by atoms with Crippen molar-refractivity contribution in [2.45, 2.75) is 13.0 Å². The molecule has 8 heteroatoms. The van der Waals surface area contributed by atoms with E-state index < -0.39 is 18.0 Å². The lowest BCUT2D eigenvalue weighted by molar-refractivity contribution is -0.119. The van der Waals surface area contributed by atoms with E-state index in [2.05, 4.69) is 21.2 Å². The van der Waals surface area contributed by atoms with Crippen molar-refractivity contribution in [1.82, 2.24) is 5.32 Å². The number of hydrogen-bond acceptors (Lipinski definition) is 3. The fourth-order valence-electron chi connectivity index (χ4n) is 2.77. The molecule has 1 fully saturated rings. The van der Waals surface area contributed by atoms with Crippen molar-refractivity contribution in [3.05, 3.63) is 65.2 Å². The quantitative estimate of drug-likeness (QED) is 0.690. The summed E-state index contributed by atoms with van der Waals surface area (Å²) in [5.41, 5.74) is 0.930. The number of halogens is 3. The Morgan fingerprint density at radius 2 is 2.04 bits per heavy atom. The summed E-state index contributed by atoms with van der Waals surface area (Å²) >= 11 is 3.34. The van der Waals surface area contributed by atoms with Gasteiger partial charge in [-0.3, -0.25) is 9.69 Å². The molecule has 0 aromatic heterocycles. The van der Waals surface area contributed by atoms with Crippen LogP contribution in [0.4, 0.5) is 19.3 Å². The number of carbonyl (C=O) groups excluding carboxylic acids is 2. The summed E-state index contributed by atoms with van der Waals surface area (Å²) in [6.07, 6.45) is 0.323. The van der Waals surface area contributed by atoms with Gasteiger partial charge in [-0.25, -0.2) is 13.6 Å². The van der Waals surface area contributed by atoms with Crippen LogP contribution in [0.25, 0.3) is 10.6 Å². The predicted octanol–water partition coefficient (Wildman–Crippen LogP) is 4.32. The Labute approximate surface area is 169 Å². The summed E-state index contributed by atoms with van der Waals surface area (Å²) in [6.45, 7) is 1.65. The third-order valence-electron chi connectivity index (χ3n) is 4.15. The molecule has 0 spiro atoms. The molecule has 1 aliphatic rings. The van der Waals surface area contributed by atoms with Crippen molar-refractivity contribution in [3.63, 3.8) is 0 Å². The van der Waals surface area contributed by atoms with Crippen molar-refractivity contribution in [2.75, 3.05) is 18.0 Å². The highest BCUT2D eigenvalue weighted by molar-refractivity contribution is 9.15. The summed E-state index contributed by atoms with van der Waals surface area (Å²) in [5.74, 6) is -1.24. The van der Waals surface area contributed by atoms with Gasteiger partial charge in [-0.1, -0.05) is 40.2 Å². The number of nitrogens with one attached hydrogen (secondary N) is 1. The normalized spacial score (nSPS) is 16.9. The second-order valence-electron chi connectivity index (χ2n) is 6.23. The van der Waals surface area contributed by atoms with Gasteiger partial charge in [0.15, 0.2) is 0 Å². The van der Waals surface area contributed by atoms with E-state index in [-0.39, 0.29) is 30.5 Å². The van der Waals surface area contributed by atoms with E-state index in [1.165, 1.54) is 30.0 Å². The lowest BCUT2D eigenvalue weighted by atomic mass is 10.1. The molecule has 146 valence electrons. The van der Waals surface area contributed by atoms with Crippen LogP contribution >= 0.6 is 15.9 Å². The molecule has 3 rings (SSSR count). The van der Waals surface area contributed by atoms with Crippen LogP contribution in [0.3, 0.4) is 0 Å². The number of amides is 2. The predicted molar refractivity (Wildman–Crippen MR) is 106 cm³/mol. The topological polar surface area (TPSA) is 58.6 Å². The van der Waals surface area contributed by atoms with Crippen molar-refractivity contribution in [2.24, 2.45) is 0 Å². The fraction of sp³-hybridized carbons (Fsp3) is 0.200. The average Bonchev–Trinajstić information content (AvgIpc) is 3.02.